The third kappa shape index (κ3) is 1.80. The van der Waals surface area contributed by atoms with E-state index in [1.165, 1.54) is 12.8 Å². The van der Waals surface area contributed by atoms with E-state index in [0.717, 1.165) is 17.9 Å². The standard InChI is InChI=1S/C16H16N2O3/c19-14(13-9-5-1-2-6-10(9)13)17-18-15(20)11-7-3-4-8-12(11)16(18)21/h3-4,7-10,13H,1-2,5-6H2,(H,17,19)/t9-,10-/m1/s1. The first-order chi connectivity index (χ1) is 10.2. The van der Waals surface area contributed by atoms with Crippen LogP contribution in [0, 0.1) is 17.8 Å². The number of hydrogen-bond donors (Lipinski definition) is 1. The number of amides is 3. The molecule has 0 bridgehead atoms. The summed E-state index contributed by atoms with van der Waals surface area (Å²) in [5, 5.41) is 0.872. The maximum absolute atomic E-state index is 12.3. The molecule has 0 spiro atoms. The van der Waals surface area contributed by atoms with E-state index in [1.54, 1.807) is 24.3 Å². The largest absolute Gasteiger partial charge is 0.280 e. The van der Waals surface area contributed by atoms with Crippen molar-refractivity contribution in [2.24, 2.45) is 17.8 Å². The maximum atomic E-state index is 12.3. The Morgan fingerprint density at radius 3 is 2.05 bits per heavy atom. The van der Waals surface area contributed by atoms with Crippen LogP contribution < -0.4 is 5.43 Å². The summed E-state index contributed by atoms with van der Waals surface area (Å²) in [6, 6.07) is 6.65. The van der Waals surface area contributed by atoms with Gasteiger partial charge in [0.2, 0.25) is 5.91 Å². The molecule has 21 heavy (non-hydrogen) atoms. The predicted octanol–water partition coefficient (Wildman–Crippen LogP) is 1.75. The van der Waals surface area contributed by atoms with Crippen molar-refractivity contribution in [3.8, 4) is 0 Å². The highest BCUT2D eigenvalue weighted by atomic mass is 16.2. The zero-order chi connectivity index (χ0) is 14.6. The van der Waals surface area contributed by atoms with Crippen LogP contribution in [0.5, 0.6) is 0 Å². The van der Waals surface area contributed by atoms with Gasteiger partial charge in [-0.15, -0.1) is 0 Å². The van der Waals surface area contributed by atoms with E-state index in [0.29, 0.717) is 23.0 Å². The van der Waals surface area contributed by atoms with Crippen molar-refractivity contribution in [2.75, 3.05) is 0 Å². The van der Waals surface area contributed by atoms with E-state index >= 15 is 0 Å². The Hall–Kier alpha value is -2.17. The topological polar surface area (TPSA) is 66.5 Å². The van der Waals surface area contributed by atoms with Crippen molar-refractivity contribution in [1.29, 1.82) is 0 Å². The summed E-state index contributed by atoms with van der Waals surface area (Å²) < 4.78 is 0. The lowest BCUT2D eigenvalue weighted by Crippen LogP contribution is -2.46. The lowest BCUT2D eigenvalue weighted by atomic mass is 10.0. The van der Waals surface area contributed by atoms with Crippen LogP contribution in [0.3, 0.4) is 0 Å². The quantitative estimate of drug-likeness (QED) is 0.841. The molecule has 1 aromatic rings. The van der Waals surface area contributed by atoms with E-state index in [4.69, 9.17) is 0 Å². The maximum Gasteiger partial charge on any atom is 0.280 e. The van der Waals surface area contributed by atoms with Crippen LogP contribution in [0.25, 0.3) is 0 Å². The van der Waals surface area contributed by atoms with Gasteiger partial charge in [0.1, 0.15) is 0 Å². The summed E-state index contributed by atoms with van der Waals surface area (Å²) in [5.74, 6) is -0.166. The Morgan fingerprint density at radius 2 is 1.52 bits per heavy atom. The van der Waals surface area contributed by atoms with Crippen LogP contribution in [0.15, 0.2) is 24.3 Å². The number of hydrazine groups is 1. The SMILES string of the molecule is O=C(NN1C(=O)c2ccccc2C1=O)C1[C@@H]2CCCC[C@@H]12. The zero-order valence-corrected chi connectivity index (χ0v) is 11.5. The van der Waals surface area contributed by atoms with E-state index in [-0.39, 0.29) is 11.8 Å². The van der Waals surface area contributed by atoms with E-state index in [2.05, 4.69) is 5.43 Å². The molecule has 5 heteroatoms. The molecule has 1 N–H and O–H groups in total. The number of rotatable bonds is 2. The summed E-state index contributed by atoms with van der Waals surface area (Å²) in [6.45, 7) is 0. The van der Waals surface area contributed by atoms with Crippen LogP contribution in [-0.2, 0) is 4.79 Å². The molecule has 1 aliphatic heterocycles. The lowest BCUT2D eigenvalue weighted by Gasteiger charge is -2.15. The number of hydrogen-bond acceptors (Lipinski definition) is 3. The van der Waals surface area contributed by atoms with Gasteiger partial charge in [0.15, 0.2) is 0 Å². The average Bonchev–Trinajstić information content (AvgIpc) is 3.20. The van der Waals surface area contributed by atoms with Gasteiger partial charge in [-0.05, 0) is 36.8 Å². The summed E-state index contributed by atoms with van der Waals surface area (Å²) in [7, 11) is 0. The number of imide groups is 1. The Labute approximate surface area is 122 Å². The molecule has 4 rings (SSSR count). The molecule has 0 unspecified atom stereocenters. The van der Waals surface area contributed by atoms with Crippen molar-refractivity contribution in [2.45, 2.75) is 25.7 Å². The van der Waals surface area contributed by atoms with E-state index in [9.17, 15) is 14.4 Å². The molecular weight excluding hydrogens is 268 g/mol. The molecule has 0 radical (unpaired) electrons. The van der Waals surface area contributed by atoms with Gasteiger partial charge in [0.05, 0.1) is 11.1 Å². The third-order valence-electron chi connectivity index (χ3n) is 4.98. The Bertz CT molecular complexity index is 608. The molecule has 1 aromatic carbocycles. The number of carbonyl (C=O) groups is 3. The molecule has 2 aliphatic carbocycles. The highest BCUT2D eigenvalue weighted by Gasteiger charge is 2.55. The fourth-order valence-corrected chi connectivity index (χ4v) is 3.86. The second-order valence-electron chi connectivity index (χ2n) is 6.11. The number of nitrogens with zero attached hydrogens (tertiary/aromatic N) is 1. The molecule has 2 atom stereocenters. The number of nitrogens with one attached hydrogen (secondary N) is 1. The van der Waals surface area contributed by atoms with E-state index in [1.807, 2.05) is 0 Å². The smallest absolute Gasteiger partial charge is 0.273 e. The third-order valence-corrected chi connectivity index (χ3v) is 4.98. The molecular formula is C16H16N2O3. The van der Waals surface area contributed by atoms with Gasteiger partial charge in [0.25, 0.3) is 11.8 Å². The van der Waals surface area contributed by atoms with Crippen LogP contribution in [0.4, 0.5) is 0 Å². The first-order valence-electron chi connectivity index (χ1n) is 7.47. The van der Waals surface area contributed by atoms with Crippen LogP contribution >= 0.6 is 0 Å². The van der Waals surface area contributed by atoms with Gasteiger partial charge in [-0.1, -0.05) is 25.0 Å². The molecule has 0 aromatic heterocycles. The Balaban J connectivity index is 1.50. The van der Waals surface area contributed by atoms with Gasteiger partial charge in [-0.3, -0.25) is 19.8 Å². The molecule has 108 valence electrons. The van der Waals surface area contributed by atoms with Crippen molar-refractivity contribution in [3.63, 3.8) is 0 Å². The number of carbonyl (C=O) groups excluding carboxylic acids is 3. The highest BCUT2D eigenvalue weighted by molar-refractivity contribution is 6.21. The second-order valence-corrected chi connectivity index (χ2v) is 6.11. The first kappa shape index (κ1) is 12.6. The van der Waals surface area contributed by atoms with E-state index < -0.39 is 11.8 Å². The molecule has 2 fully saturated rings. The summed E-state index contributed by atoms with van der Waals surface area (Å²) in [5.41, 5.74) is 3.25. The van der Waals surface area contributed by atoms with Gasteiger partial charge in [0, 0.05) is 5.92 Å². The highest BCUT2D eigenvalue weighted by Crippen LogP contribution is 2.55. The predicted molar refractivity (Wildman–Crippen MR) is 74.0 cm³/mol. The zero-order valence-electron chi connectivity index (χ0n) is 11.5. The molecule has 1 heterocycles. The minimum absolute atomic E-state index is 0.0168. The van der Waals surface area contributed by atoms with Gasteiger partial charge in [-0.25, -0.2) is 0 Å². The van der Waals surface area contributed by atoms with Gasteiger partial charge < -0.3 is 0 Å². The Kier molecular flexibility index (Phi) is 2.64. The molecule has 3 aliphatic rings. The normalized spacial score (nSPS) is 29.9. The summed E-state index contributed by atoms with van der Waals surface area (Å²) in [6.07, 6.45) is 4.53. The van der Waals surface area contributed by atoms with Crippen molar-refractivity contribution < 1.29 is 14.4 Å². The fourth-order valence-electron chi connectivity index (χ4n) is 3.86. The average molecular weight is 284 g/mol. The van der Waals surface area contributed by atoms with Crippen molar-refractivity contribution >= 4 is 17.7 Å². The second kappa shape index (κ2) is 4.41. The van der Waals surface area contributed by atoms with Crippen molar-refractivity contribution in [1.82, 2.24) is 10.4 Å². The molecule has 3 amide bonds. The first-order valence-corrected chi connectivity index (χ1v) is 7.47. The van der Waals surface area contributed by atoms with Crippen molar-refractivity contribution in [3.05, 3.63) is 35.4 Å². The van der Waals surface area contributed by atoms with Crippen LogP contribution in [0.1, 0.15) is 46.4 Å². The lowest BCUT2D eigenvalue weighted by molar-refractivity contribution is -0.126. The number of fused-ring (bicyclic) bond motifs is 2. The molecule has 0 saturated heterocycles. The summed E-state index contributed by atoms with van der Waals surface area (Å²) in [4.78, 5) is 36.7. The van der Waals surface area contributed by atoms with Gasteiger partial charge >= 0.3 is 0 Å². The summed E-state index contributed by atoms with van der Waals surface area (Å²) >= 11 is 0. The monoisotopic (exact) mass is 284 g/mol. The number of benzene rings is 1. The van der Waals surface area contributed by atoms with Crippen LogP contribution in [-0.4, -0.2) is 22.7 Å². The molecule has 2 saturated carbocycles. The minimum Gasteiger partial charge on any atom is -0.273 e. The molecule has 5 nitrogen and oxygen atoms in total. The van der Waals surface area contributed by atoms with Gasteiger partial charge in [-0.2, -0.15) is 5.01 Å². The Morgan fingerprint density at radius 1 is 1.00 bits per heavy atom. The van der Waals surface area contributed by atoms with Crippen LogP contribution in [0.2, 0.25) is 0 Å². The minimum atomic E-state index is -0.437. The fraction of sp³-hybridized carbons (Fsp3) is 0.438.